The second kappa shape index (κ2) is 7.25. The second-order valence-electron chi connectivity index (χ2n) is 11.1. The molecule has 2 bridgehead atoms. The minimum Gasteiger partial charge on any atom is -0.504 e. The maximum Gasteiger partial charge on any atom is 0.261 e. The molecular weight excluding hydrogens is 482 g/mol. The van der Waals surface area contributed by atoms with E-state index in [1.807, 2.05) is 24.3 Å². The fraction of sp³-hybridized carbons (Fsp3) is 0.481. The molecule has 1 saturated heterocycles. The number of hydrogen-bond donors (Lipinski definition) is 3. The van der Waals surface area contributed by atoms with Crippen molar-refractivity contribution in [1.29, 1.82) is 0 Å². The van der Waals surface area contributed by atoms with Crippen LogP contribution < -0.4 is 4.74 Å². The van der Waals surface area contributed by atoms with E-state index in [0.717, 1.165) is 59.7 Å². The van der Waals surface area contributed by atoms with Crippen molar-refractivity contribution in [2.45, 2.75) is 55.3 Å². The van der Waals surface area contributed by atoms with Crippen LogP contribution in [-0.2, 0) is 28.4 Å². The Balaban J connectivity index is 0.000000406. The molecule has 3 aliphatic carbocycles. The number of benzene rings is 2. The predicted octanol–water partition coefficient (Wildman–Crippen LogP) is 3.34. The summed E-state index contributed by atoms with van der Waals surface area (Å²) in [6, 6.07) is 12.0. The van der Waals surface area contributed by atoms with Crippen molar-refractivity contribution in [2.75, 3.05) is 19.3 Å². The largest absolute Gasteiger partial charge is 0.504 e. The first-order valence-corrected chi connectivity index (χ1v) is 14.4. The first-order valence-electron chi connectivity index (χ1n) is 12.5. The van der Waals surface area contributed by atoms with E-state index in [1.165, 1.54) is 18.4 Å². The van der Waals surface area contributed by atoms with Crippen LogP contribution in [0.25, 0.3) is 11.0 Å². The second-order valence-corrected chi connectivity index (χ2v) is 12.6. The van der Waals surface area contributed by atoms with E-state index in [9.17, 15) is 18.6 Å². The number of nitrogens with zero attached hydrogens (tertiary/aromatic N) is 1. The zero-order valence-corrected chi connectivity index (χ0v) is 20.8. The first kappa shape index (κ1) is 22.6. The lowest BCUT2D eigenvalue weighted by molar-refractivity contribution is -0.175. The molecule has 4 atom stereocenters. The molecule has 1 saturated carbocycles. The molecule has 0 amide bonds. The molecule has 3 N–H and O–H groups in total. The van der Waals surface area contributed by atoms with Crippen LogP contribution in [0, 0.1) is 5.92 Å². The summed E-state index contributed by atoms with van der Waals surface area (Å²) < 4.78 is 38.8. The number of piperidine rings is 1. The number of phenolic OH excluding ortho intramolecular Hbond substituents is 1. The van der Waals surface area contributed by atoms with E-state index in [2.05, 4.69) is 11.0 Å². The molecule has 1 aromatic heterocycles. The van der Waals surface area contributed by atoms with Crippen LogP contribution in [0.4, 0.5) is 0 Å². The Kier molecular flexibility index (Phi) is 4.55. The topological polar surface area (TPSA) is 120 Å². The molecule has 3 aromatic rings. The Morgan fingerprint density at radius 2 is 1.92 bits per heavy atom. The molecule has 5 aliphatic rings. The van der Waals surface area contributed by atoms with Gasteiger partial charge in [-0.2, -0.15) is 8.42 Å². The van der Waals surface area contributed by atoms with Crippen LogP contribution in [0.3, 0.4) is 0 Å². The lowest BCUT2D eigenvalue weighted by atomic mass is 9.49. The minimum absolute atomic E-state index is 0.0535. The molecule has 36 heavy (non-hydrogen) atoms. The third kappa shape index (κ3) is 3.00. The number of hydrogen-bond acceptors (Lipinski definition) is 7. The standard InChI is InChI=1S/C26H25NO4.CH4O3S/c28-18-8-7-15-11-20-26(29)12-17-16-3-1-2-4-19(16)30-22(17)24-25(26,21(15)23(18)31-24)9-10-27(20)13-14-5-6-14;1-5(2,3)4/h1-4,7-8,14,20,24,28-29H,5-6,9-13H2;1H3,(H,2,3,4)/t20-,24+,25+,26-;/m1./s1. The Morgan fingerprint density at radius 1 is 1.17 bits per heavy atom. The third-order valence-electron chi connectivity index (χ3n) is 8.93. The van der Waals surface area contributed by atoms with Gasteiger partial charge in [-0.05, 0) is 55.8 Å². The number of aliphatic hydroxyl groups is 1. The van der Waals surface area contributed by atoms with E-state index in [1.54, 1.807) is 6.07 Å². The Morgan fingerprint density at radius 3 is 2.67 bits per heavy atom. The highest BCUT2D eigenvalue weighted by Gasteiger charge is 2.73. The number of para-hydroxylation sites is 1. The maximum absolute atomic E-state index is 12.7. The molecule has 0 unspecified atom stereocenters. The van der Waals surface area contributed by atoms with E-state index in [4.69, 9.17) is 13.7 Å². The molecule has 3 heterocycles. The van der Waals surface area contributed by atoms with Crippen molar-refractivity contribution in [3.8, 4) is 11.5 Å². The summed E-state index contributed by atoms with van der Waals surface area (Å²) in [5.74, 6) is 2.34. The average molecular weight is 512 g/mol. The zero-order chi connectivity index (χ0) is 25.0. The van der Waals surface area contributed by atoms with Crippen molar-refractivity contribution in [2.24, 2.45) is 5.92 Å². The summed E-state index contributed by atoms with van der Waals surface area (Å²) in [6.45, 7) is 2.03. The molecule has 0 radical (unpaired) electrons. The Labute approximate surface area is 209 Å². The van der Waals surface area contributed by atoms with Gasteiger partial charge in [-0.15, -0.1) is 0 Å². The van der Waals surface area contributed by atoms with Gasteiger partial charge in [0.25, 0.3) is 10.1 Å². The summed E-state index contributed by atoms with van der Waals surface area (Å²) in [5, 5.41) is 24.5. The molecule has 1 spiro atoms. The summed E-state index contributed by atoms with van der Waals surface area (Å²) in [7, 11) is -3.67. The van der Waals surface area contributed by atoms with Gasteiger partial charge in [-0.25, -0.2) is 0 Å². The zero-order valence-electron chi connectivity index (χ0n) is 20.0. The summed E-state index contributed by atoms with van der Waals surface area (Å²) in [5.41, 5.74) is 2.65. The van der Waals surface area contributed by atoms with E-state index in [0.29, 0.717) is 18.4 Å². The van der Waals surface area contributed by atoms with Crippen LogP contribution >= 0.6 is 0 Å². The Hall–Kier alpha value is -2.59. The lowest BCUT2D eigenvalue weighted by Gasteiger charge is -2.62. The first-order chi connectivity index (χ1) is 17.1. The van der Waals surface area contributed by atoms with Crippen molar-refractivity contribution in [1.82, 2.24) is 4.90 Å². The van der Waals surface area contributed by atoms with Crippen molar-refractivity contribution < 1.29 is 32.3 Å². The molecule has 8 nitrogen and oxygen atoms in total. The van der Waals surface area contributed by atoms with Gasteiger partial charge in [0.05, 0.1) is 17.3 Å². The van der Waals surface area contributed by atoms with E-state index in [-0.39, 0.29) is 11.8 Å². The van der Waals surface area contributed by atoms with Gasteiger partial charge in [-0.3, -0.25) is 9.45 Å². The number of furan rings is 1. The Bertz CT molecular complexity index is 1500. The van der Waals surface area contributed by atoms with Crippen molar-refractivity contribution >= 4 is 21.1 Å². The van der Waals surface area contributed by atoms with Crippen molar-refractivity contribution in [3.63, 3.8) is 0 Å². The number of phenols is 1. The number of likely N-dealkylation sites (tertiary alicyclic amines) is 1. The lowest BCUT2D eigenvalue weighted by Crippen LogP contribution is -2.74. The monoisotopic (exact) mass is 511 g/mol. The number of rotatable bonds is 2. The van der Waals surface area contributed by atoms with Crippen LogP contribution in [0.1, 0.15) is 47.8 Å². The van der Waals surface area contributed by atoms with Gasteiger partial charge in [-0.1, -0.05) is 24.3 Å². The fourth-order valence-electron chi connectivity index (χ4n) is 7.42. The highest BCUT2D eigenvalue weighted by atomic mass is 32.2. The van der Waals surface area contributed by atoms with E-state index < -0.39 is 27.2 Å². The van der Waals surface area contributed by atoms with Gasteiger partial charge >= 0.3 is 0 Å². The molecular formula is C27H29NO7S. The molecule has 2 fully saturated rings. The fourth-order valence-corrected chi connectivity index (χ4v) is 7.42. The predicted molar refractivity (Wildman–Crippen MR) is 132 cm³/mol. The molecule has 2 aliphatic heterocycles. The van der Waals surface area contributed by atoms with Crippen molar-refractivity contribution in [3.05, 3.63) is 58.8 Å². The quantitative estimate of drug-likeness (QED) is 0.448. The van der Waals surface area contributed by atoms with Crippen LogP contribution in [-0.4, -0.2) is 59.1 Å². The maximum atomic E-state index is 12.7. The molecule has 190 valence electrons. The number of aromatic hydroxyl groups is 1. The smallest absolute Gasteiger partial charge is 0.261 e. The molecule has 8 rings (SSSR count). The third-order valence-corrected chi connectivity index (χ3v) is 8.93. The SMILES string of the molecule is CS(=O)(=O)O.Oc1ccc2c3c1O[C@H]1c4oc5ccccc5c4C[C@@]4(O)[C@@H](C2)N(CC2CC2)CC[C@]314. The van der Waals surface area contributed by atoms with Gasteiger partial charge in [0.2, 0.25) is 0 Å². The van der Waals surface area contributed by atoms with Crippen LogP contribution in [0.15, 0.2) is 40.8 Å². The average Bonchev–Trinajstić information content (AvgIpc) is 3.44. The summed E-state index contributed by atoms with van der Waals surface area (Å²) >= 11 is 0. The van der Waals surface area contributed by atoms with E-state index >= 15 is 0 Å². The van der Waals surface area contributed by atoms with Gasteiger partial charge in [0.1, 0.15) is 11.3 Å². The normalized spacial score (nSPS) is 31.8. The van der Waals surface area contributed by atoms with Gasteiger partial charge in [0.15, 0.2) is 17.6 Å². The molecule has 2 aromatic carbocycles. The highest BCUT2D eigenvalue weighted by molar-refractivity contribution is 7.85. The summed E-state index contributed by atoms with van der Waals surface area (Å²) in [6.07, 6.45) is 5.12. The van der Waals surface area contributed by atoms with Gasteiger partial charge in [0, 0.05) is 35.5 Å². The highest BCUT2D eigenvalue weighted by Crippen LogP contribution is 2.69. The number of fused-ring (bicyclic) bond motifs is 4. The summed E-state index contributed by atoms with van der Waals surface area (Å²) in [4.78, 5) is 2.56. The molecule has 9 heteroatoms. The van der Waals surface area contributed by atoms with Gasteiger partial charge < -0.3 is 19.4 Å². The van der Waals surface area contributed by atoms with Crippen LogP contribution in [0.2, 0.25) is 0 Å². The van der Waals surface area contributed by atoms with Crippen LogP contribution in [0.5, 0.6) is 11.5 Å². The minimum atomic E-state index is -3.67. The number of ether oxygens (including phenoxy) is 1.